The van der Waals surface area contributed by atoms with E-state index in [0.29, 0.717) is 0 Å². The molecule has 0 fully saturated rings. The van der Waals surface area contributed by atoms with Gasteiger partial charge in [0.05, 0.1) is 0 Å². The van der Waals surface area contributed by atoms with E-state index in [1.807, 2.05) is 0 Å². The first-order valence-electron chi connectivity index (χ1n) is 8.90. The van der Waals surface area contributed by atoms with Gasteiger partial charge in [0.2, 0.25) is 0 Å². The second-order valence-electron chi connectivity index (χ2n) is 7.73. The third kappa shape index (κ3) is 4.18. The molecule has 25 heavy (non-hydrogen) atoms. The molecule has 0 atom stereocenters. The van der Waals surface area contributed by atoms with Crippen molar-refractivity contribution >= 4 is 45.8 Å². The van der Waals surface area contributed by atoms with Crippen LogP contribution in [-0.2, 0) is 0 Å². The summed E-state index contributed by atoms with van der Waals surface area (Å²) >= 11 is -2.26. The standard InChI is InChI=1S/C20H18P.3CH3.Sn/c1-16-13-14-20(17(2)15-16)21(18-9-5-3-6-10-18)19-11-7-4-8-12-19;;;;/h3-13,15H,1-2H3;3*1H3;. The van der Waals surface area contributed by atoms with E-state index in [9.17, 15) is 0 Å². The molecule has 0 heterocycles. The molecule has 128 valence electrons. The van der Waals surface area contributed by atoms with E-state index in [4.69, 9.17) is 0 Å². The Labute approximate surface area is 157 Å². The number of benzene rings is 3. The van der Waals surface area contributed by atoms with Crippen molar-refractivity contribution < 1.29 is 0 Å². The molecule has 3 aromatic rings. The summed E-state index contributed by atoms with van der Waals surface area (Å²) in [5.74, 6) is 0. The Morgan fingerprint density at radius 2 is 1.16 bits per heavy atom. The molecule has 0 aromatic heterocycles. The Morgan fingerprint density at radius 1 is 0.680 bits per heavy atom. The second-order valence-corrected chi connectivity index (χ2v) is 24.3. The van der Waals surface area contributed by atoms with Crippen molar-refractivity contribution in [3.63, 3.8) is 0 Å². The summed E-state index contributed by atoms with van der Waals surface area (Å²) in [5.41, 5.74) is 2.86. The van der Waals surface area contributed by atoms with Gasteiger partial charge in [-0.1, -0.05) is 0 Å². The summed E-state index contributed by atoms with van der Waals surface area (Å²) in [6.45, 7) is 4.55. The quantitative estimate of drug-likeness (QED) is 0.400. The van der Waals surface area contributed by atoms with Gasteiger partial charge in [-0.15, -0.1) is 0 Å². The van der Waals surface area contributed by atoms with Crippen LogP contribution in [0, 0.1) is 13.8 Å². The summed E-state index contributed by atoms with van der Waals surface area (Å²) in [6.07, 6.45) is 0. The second kappa shape index (κ2) is 7.64. The van der Waals surface area contributed by atoms with E-state index < -0.39 is 26.3 Å². The van der Waals surface area contributed by atoms with Crippen LogP contribution in [-0.4, -0.2) is 18.4 Å². The molecule has 3 aromatic carbocycles. The first-order chi connectivity index (χ1) is 11.9. The molecule has 0 radical (unpaired) electrons. The number of rotatable bonds is 4. The van der Waals surface area contributed by atoms with E-state index in [0.717, 1.165) is 0 Å². The molecule has 0 nitrogen and oxygen atoms in total. The summed E-state index contributed by atoms with van der Waals surface area (Å²) in [6, 6.07) is 27.0. The third-order valence-corrected chi connectivity index (χ3v) is 13.5. The fourth-order valence-electron chi connectivity index (χ4n) is 3.39. The van der Waals surface area contributed by atoms with Crippen molar-refractivity contribution in [1.82, 2.24) is 0 Å². The maximum atomic E-state index is 2.54. The van der Waals surface area contributed by atoms with Gasteiger partial charge in [-0.05, 0) is 0 Å². The van der Waals surface area contributed by atoms with Gasteiger partial charge in [0, 0.05) is 0 Å². The van der Waals surface area contributed by atoms with Crippen molar-refractivity contribution in [3.05, 3.63) is 83.9 Å². The van der Waals surface area contributed by atoms with E-state index >= 15 is 0 Å². The Hall–Kier alpha value is -1.11. The number of aryl methyl sites for hydroxylation is 2. The minimum atomic E-state index is -2.26. The van der Waals surface area contributed by atoms with Crippen LogP contribution in [0.25, 0.3) is 0 Å². The van der Waals surface area contributed by atoms with Gasteiger partial charge >= 0.3 is 158 Å². The minimum absolute atomic E-state index is 0.512. The zero-order chi connectivity index (χ0) is 18.0. The van der Waals surface area contributed by atoms with E-state index in [-0.39, 0.29) is 0 Å². The third-order valence-electron chi connectivity index (χ3n) is 4.51. The molecule has 0 unspecified atom stereocenters. The van der Waals surface area contributed by atoms with E-state index in [2.05, 4.69) is 101 Å². The molecule has 0 spiro atoms. The predicted molar refractivity (Wildman–Crippen MR) is 118 cm³/mol. The van der Waals surface area contributed by atoms with Crippen molar-refractivity contribution in [2.75, 3.05) is 0 Å². The molecule has 0 aliphatic carbocycles. The van der Waals surface area contributed by atoms with Gasteiger partial charge in [-0.3, -0.25) is 0 Å². The first kappa shape index (κ1) is 18.7. The molecule has 0 N–H and O–H groups in total. The summed E-state index contributed by atoms with van der Waals surface area (Å²) < 4.78 is 1.69. The Kier molecular flexibility index (Phi) is 5.71. The van der Waals surface area contributed by atoms with E-state index in [1.54, 1.807) is 8.88 Å². The average Bonchev–Trinajstić information content (AvgIpc) is 2.58. The normalized spacial score (nSPS) is 11.8. The number of hydrogen-bond acceptors (Lipinski definition) is 0. The van der Waals surface area contributed by atoms with Crippen LogP contribution in [0.3, 0.4) is 0 Å². The maximum absolute atomic E-state index is 2.54. The monoisotopic (exact) mass is 454 g/mol. The van der Waals surface area contributed by atoms with Crippen LogP contribution in [0.4, 0.5) is 0 Å². The SMILES string of the molecule is Cc1cc(C)c(P(c2ccccc2)c2ccccc2)[c]([Sn]([CH3])([CH3])[CH3])c1. The zero-order valence-corrected chi connectivity index (χ0v) is 19.6. The van der Waals surface area contributed by atoms with Gasteiger partial charge in [-0.2, -0.15) is 0 Å². The first-order valence-corrected chi connectivity index (χ1v) is 20.2. The molecule has 2 heteroatoms. The fraction of sp³-hybridized carbons (Fsp3) is 0.217. The molecule has 0 bridgehead atoms. The Morgan fingerprint density at radius 3 is 1.60 bits per heavy atom. The van der Waals surface area contributed by atoms with Gasteiger partial charge in [-0.25, -0.2) is 0 Å². The van der Waals surface area contributed by atoms with Gasteiger partial charge in [0.15, 0.2) is 0 Å². The van der Waals surface area contributed by atoms with Crippen LogP contribution < -0.4 is 19.5 Å². The summed E-state index contributed by atoms with van der Waals surface area (Å²) in [7, 11) is -0.512. The van der Waals surface area contributed by atoms with E-state index in [1.165, 1.54) is 21.7 Å². The van der Waals surface area contributed by atoms with Crippen molar-refractivity contribution in [2.24, 2.45) is 0 Å². The summed E-state index contributed by atoms with van der Waals surface area (Å²) in [5, 5.41) is 4.51. The molecule has 3 rings (SSSR count). The van der Waals surface area contributed by atoms with Crippen molar-refractivity contribution in [1.29, 1.82) is 0 Å². The van der Waals surface area contributed by atoms with Gasteiger partial charge < -0.3 is 0 Å². The summed E-state index contributed by atoms with van der Waals surface area (Å²) in [4.78, 5) is 7.61. The molecule has 0 aliphatic rings. The predicted octanol–water partition coefficient (Wildman–Crippen LogP) is 4.61. The van der Waals surface area contributed by atoms with Crippen LogP contribution in [0.2, 0.25) is 14.8 Å². The molecular formula is C23H27PSn. The van der Waals surface area contributed by atoms with Gasteiger partial charge in [0.25, 0.3) is 0 Å². The molecule has 0 saturated carbocycles. The molecule has 0 amide bonds. The van der Waals surface area contributed by atoms with Crippen molar-refractivity contribution in [3.8, 4) is 0 Å². The fourth-order valence-corrected chi connectivity index (χ4v) is 13.6. The Bertz CT molecular complexity index is 809. The van der Waals surface area contributed by atoms with Crippen LogP contribution in [0.5, 0.6) is 0 Å². The molecular weight excluding hydrogens is 426 g/mol. The van der Waals surface area contributed by atoms with Crippen LogP contribution in [0.15, 0.2) is 72.8 Å². The number of hydrogen-bond donors (Lipinski definition) is 0. The van der Waals surface area contributed by atoms with Crippen LogP contribution in [0.1, 0.15) is 11.1 Å². The van der Waals surface area contributed by atoms with Crippen LogP contribution >= 0.6 is 7.92 Å². The topological polar surface area (TPSA) is 0 Å². The average molecular weight is 453 g/mol. The van der Waals surface area contributed by atoms with Crippen molar-refractivity contribution in [2.45, 2.75) is 28.7 Å². The molecule has 0 aliphatic heterocycles. The van der Waals surface area contributed by atoms with Gasteiger partial charge in [0.1, 0.15) is 0 Å². The zero-order valence-electron chi connectivity index (χ0n) is 15.9. The molecule has 0 saturated heterocycles. The Balaban J connectivity index is 2.32.